The van der Waals surface area contributed by atoms with Crippen molar-refractivity contribution in [1.29, 1.82) is 0 Å². The van der Waals surface area contributed by atoms with Gasteiger partial charge in [-0.1, -0.05) is 37.3 Å². The third-order valence-corrected chi connectivity index (χ3v) is 6.20. The monoisotopic (exact) mass is 424 g/mol. The number of nitrogens with one attached hydrogen (secondary N) is 1. The first-order chi connectivity index (χ1) is 15.1. The van der Waals surface area contributed by atoms with Crippen LogP contribution in [0.15, 0.2) is 52.4 Å². The van der Waals surface area contributed by atoms with Crippen LogP contribution in [0.4, 0.5) is 0 Å². The Kier molecular flexibility index (Phi) is 6.67. The summed E-state index contributed by atoms with van der Waals surface area (Å²) in [6.45, 7) is 9.37. The molecule has 8 nitrogen and oxygen atoms in total. The van der Waals surface area contributed by atoms with Crippen LogP contribution in [0.25, 0.3) is 10.9 Å². The van der Waals surface area contributed by atoms with Crippen molar-refractivity contribution in [2.24, 2.45) is 16.3 Å². The maximum atomic E-state index is 11.3. The zero-order valence-corrected chi connectivity index (χ0v) is 18.4. The third-order valence-electron chi connectivity index (χ3n) is 6.20. The summed E-state index contributed by atoms with van der Waals surface area (Å²) in [5.74, 6) is -0.127. The van der Waals surface area contributed by atoms with Gasteiger partial charge in [-0.15, -0.1) is 5.11 Å². The Morgan fingerprint density at radius 3 is 2.74 bits per heavy atom. The first-order valence-electron chi connectivity index (χ1n) is 11.2. The molecule has 2 aromatic rings. The van der Waals surface area contributed by atoms with Gasteiger partial charge in [0.25, 0.3) is 0 Å². The number of hydrogen-bond donors (Lipinski definition) is 2. The van der Waals surface area contributed by atoms with Crippen LogP contribution in [0.5, 0.6) is 0 Å². The first-order valence-corrected chi connectivity index (χ1v) is 11.2. The lowest BCUT2D eigenvalue weighted by molar-refractivity contribution is -0.128. The maximum absolute atomic E-state index is 11.3. The Bertz CT molecular complexity index is 974. The summed E-state index contributed by atoms with van der Waals surface area (Å²) in [4.78, 5) is 13.9. The van der Waals surface area contributed by atoms with Crippen LogP contribution in [0.2, 0.25) is 0 Å². The van der Waals surface area contributed by atoms with Crippen molar-refractivity contribution < 1.29 is 10.0 Å². The van der Waals surface area contributed by atoms with E-state index in [0.29, 0.717) is 12.5 Å². The fourth-order valence-electron chi connectivity index (χ4n) is 4.67. The van der Waals surface area contributed by atoms with Crippen molar-refractivity contribution in [1.82, 2.24) is 20.0 Å². The topological polar surface area (TPSA) is 85.5 Å². The SMILES string of the molecule is CC(C)C(c1cc2ccccc2n1CCN1CCCC1)N1C/C(=C/CC(=O)NO)N=N1. The number of benzene rings is 1. The van der Waals surface area contributed by atoms with Gasteiger partial charge in [0, 0.05) is 30.7 Å². The zero-order valence-electron chi connectivity index (χ0n) is 18.4. The van der Waals surface area contributed by atoms with E-state index >= 15 is 0 Å². The Morgan fingerprint density at radius 2 is 2.00 bits per heavy atom. The summed E-state index contributed by atoms with van der Waals surface area (Å²) in [6.07, 6.45) is 4.40. The number of rotatable bonds is 8. The summed E-state index contributed by atoms with van der Waals surface area (Å²) >= 11 is 0. The van der Waals surface area contributed by atoms with Gasteiger partial charge in [0.05, 0.1) is 18.3 Å². The van der Waals surface area contributed by atoms with Crippen molar-refractivity contribution in [3.05, 3.63) is 47.8 Å². The number of amides is 1. The molecule has 1 saturated heterocycles. The van der Waals surface area contributed by atoms with Crippen LogP contribution in [-0.4, -0.2) is 51.8 Å². The highest BCUT2D eigenvalue weighted by Gasteiger charge is 2.30. The van der Waals surface area contributed by atoms with Crippen LogP contribution >= 0.6 is 0 Å². The smallest absolute Gasteiger partial charge is 0.247 e. The number of hydrogen-bond acceptors (Lipinski definition) is 6. The predicted octanol–water partition coefficient (Wildman–Crippen LogP) is 3.90. The lowest BCUT2D eigenvalue weighted by Gasteiger charge is -2.30. The number of fused-ring (bicyclic) bond motifs is 1. The molecule has 166 valence electrons. The van der Waals surface area contributed by atoms with E-state index in [-0.39, 0.29) is 12.5 Å². The molecule has 31 heavy (non-hydrogen) atoms. The number of likely N-dealkylation sites (tertiary alicyclic amines) is 1. The summed E-state index contributed by atoms with van der Waals surface area (Å²) in [7, 11) is 0. The second-order valence-electron chi connectivity index (χ2n) is 8.74. The van der Waals surface area contributed by atoms with Crippen LogP contribution in [-0.2, 0) is 11.3 Å². The third kappa shape index (κ3) is 4.80. The number of para-hydroxylation sites is 1. The molecule has 0 saturated carbocycles. The molecule has 8 heteroatoms. The van der Waals surface area contributed by atoms with E-state index in [9.17, 15) is 4.79 Å². The first kappa shape index (κ1) is 21.5. The molecule has 0 bridgehead atoms. The highest BCUT2D eigenvalue weighted by atomic mass is 16.5. The quantitative estimate of drug-likeness (QED) is 0.497. The molecule has 3 heterocycles. The Balaban J connectivity index is 1.60. The van der Waals surface area contributed by atoms with Gasteiger partial charge in [-0.2, -0.15) is 0 Å². The Morgan fingerprint density at radius 1 is 1.23 bits per heavy atom. The van der Waals surface area contributed by atoms with Gasteiger partial charge in [0.1, 0.15) is 0 Å². The fourth-order valence-corrected chi connectivity index (χ4v) is 4.67. The minimum atomic E-state index is -0.455. The molecule has 0 radical (unpaired) electrons. The number of aromatic nitrogens is 1. The molecule has 2 aliphatic rings. The van der Waals surface area contributed by atoms with Crippen molar-refractivity contribution in [2.75, 3.05) is 26.2 Å². The Labute approximate surface area is 183 Å². The van der Waals surface area contributed by atoms with Crippen molar-refractivity contribution in [3.8, 4) is 0 Å². The molecule has 1 fully saturated rings. The maximum Gasteiger partial charge on any atom is 0.247 e. The summed E-state index contributed by atoms with van der Waals surface area (Å²) in [6, 6.07) is 10.9. The van der Waals surface area contributed by atoms with E-state index in [1.54, 1.807) is 11.6 Å². The average molecular weight is 425 g/mol. The molecule has 2 N–H and O–H groups in total. The minimum Gasteiger partial charge on any atom is -0.341 e. The van der Waals surface area contributed by atoms with Gasteiger partial charge < -0.3 is 9.47 Å². The number of hydroxylamine groups is 1. The molecule has 2 aliphatic heterocycles. The second kappa shape index (κ2) is 9.62. The van der Waals surface area contributed by atoms with E-state index in [1.807, 2.05) is 5.01 Å². The molecule has 1 aromatic heterocycles. The zero-order chi connectivity index (χ0) is 21.8. The highest BCUT2D eigenvalue weighted by Crippen LogP contribution is 2.36. The van der Waals surface area contributed by atoms with Crippen LogP contribution < -0.4 is 5.48 Å². The van der Waals surface area contributed by atoms with Gasteiger partial charge in [-0.25, -0.2) is 5.48 Å². The van der Waals surface area contributed by atoms with Gasteiger partial charge in [0.2, 0.25) is 5.91 Å². The standard InChI is InChI=1S/C23H32N6O2/c1-17(2)23(29-16-19(24-26-29)9-10-22(30)25-31)21-15-18-7-3-4-8-20(18)28(21)14-13-27-11-5-6-12-27/h3-4,7-9,15,17,23,31H,5-6,10-14,16H2,1-2H3,(H,25,30)/b19-9-. The van der Waals surface area contributed by atoms with E-state index < -0.39 is 5.91 Å². The molecular weight excluding hydrogens is 392 g/mol. The van der Waals surface area contributed by atoms with Gasteiger partial charge in [-0.3, -0.25) is 15.0 Å². The molecular formula is C23H32N6O2. The largest absolute Gasteiger partial charge is 0.341 e. The fraction of sp³-hybridized carbons (Fsp3) is 0.522. The minimum absolute atomic E-state index is 0.0762. The molecule has 0 spiro atoms. The molecule has 1 atom stereocenters. The molecule has 1 amide bonds. The number of carbonyl (C=O) groups excluding carboxylic acids is 1. The van der Waals surface area contributed by atoms with E-state index in [2.05, 4.69) is 64.0 Å². The lowest BCUT2D eigenvalue weighted by Crippen LogP contribution is -2.30. The molecule has 0 aliphatic carbocycles. The molecule has 1 aromatic carbocycles. The summed E-state index contributed by atoms with van der Waals surface area (Å²) < 4.78 is 2.45. The van der Waals surface area contributed by atoms with Crippen molar-refractivity contribution in [2.45, 2.75) is 45.7 Å². The average Bonchev–Trinajstić information content (AvgIpc) is 3.51. The van der Waals surface area contributed by atoms with Crippen molar-refractivity contribution >= 4 is 16.8 Å². The van der Waals surface area contributed by atoms with Crippen molar-refractivity contribution in [3.63, 3.8) is 0 Å². The summed E-state index contributed by atoms with van der Waals surface area (Å²) in [5, 5.41) is 20.7. The van der Waals surface area contributed by atoms with E-state index in [1.165, 1.54) is 42.5 Å². The normalized spacial score (nSPS) is 19.2. The molecule has 4 rings (SSSR count). The lowest BCUT2D eigenvalue weighted by atomic mass is 9.99. The predicted molar refractivity (Wildman–Crippen MR) is 119 cm³/mol. The highest BCUT2D eigenvalue weighted by molar-refractivity contribution is 5.81. The second-order valence-corrected chi connectivity index (χ2v) is 8.74. The van der Waals surface area contributed by atoms with Gasteiger partial charge in [0.15, 0.2) is 0 Å². The molecule has 1 unspecified atom stereocenters. The van der Waals surface area contributed by atoms with Crippen LogP contribution in [0, 0.1) is 5.92 Å². The van der Waals surface area contributed by atoms with Gasteiger partial charge in [-0.05, 0) is 55.4 Å². The number of carbonyl (C=O) groups is 1. The van der Waals surface area contributed by atoms with Crippen LogP contribution in [0.1, 0.15) is 44.8 Å². The number of nitrogens with zero attached hydrogens (tertiary/aromatic N) is 5. The van der Waals surface area contributed by atoms with E-state index in [0.717, 1.165) is 18.8 Å². The Hall–Kier alpha value is -2.71. The van der Waals surface area contributed by atoms with Gasteiger partial charge >= 0.3 is 0 Å². The summed E-state index contributed by atoms with van der Waals surface area (Å²) in [5.41, 5.74) is 4.91. The van der Waals surface area contributed by atoms with E-state index in [4.69, 9.17) is 5.21 Å². The van der Waals surface area contributed by atoms with Crippen LogP contribution in [0.3, 0.4) is 0 Å².